The van der Waals surface area contributed by atoms with Crippen LogP contribution in [0, 0.1) is 0 Å². The first kappa shape index (κ1) is 12.4. The van der Waals surface area contributed by atoms with Gasteiger partial charge < -0.3 is 15.0 Å². The maximum Gasteiger partial charge on any atom is 0.185 e. The van der Waals surface area contributed by atoms with Gasteiger partial charge in [0.15, 0.2) is 5.13 Å². The molecular formula is C13H21N3OS. The molecule has 100 valence electrons. The van der Waals surface area contributed by atoms with E-state index in [0.29, 0.717) is 12.2 Å². The van der Waals surface area contributed by atoms with Gasteiger partial charge in [-0.2, -0.15) is 0 Å². The van der Waals surface area contributed by atoms with E-state index in [1.165, 1.54) is 17.7 Å². The lowest BCUT2D eigenvalue weighted by molar-refractivity contribution is -0.00522. The van der Waals surface area contributed by atoms with Gasteiger partial charge in [-0.3, -0.25) is 0 Å². The van der Waals surface area contributed by atoms with Crippen molar-refractivity contribution in [2.75, 3.05) is 18.0 Å². The highest BCUT2D eigenvalue weighted by Gasteiger charge is 2.24. The van der Waals surface area contributed by atoms with Gasteiger partial charge >= 0.3 is 0 Å². The summed E-state index contributed by atoms with van der Waals surface area (Å²) in [6.45, 7) is 7.14. The second-order valence-electron chi connectivity index (χ2n) is 5.43. The van der Waals surface area contributed by atoms with E-state index in [4.69, 9.17) is 4.74 Å². The van der Waals surface area contributed by atoms with Crippen LogP contribution in [0.1, 0.15) is 31.6 Å². The number of aromatic nitrogens is 1. The molecule has 0 bridgehead atoms. The molecule has 1 aromatic rings. The minimum absolute atomic E-state index is 0.297. The molecule has 1 aliphatic heterocycles. The first-order chi connectivity index (χ1) is 8.70. The van der Waals surface area contributed by atoms with Crippen molar-refractivity contribution < 1.29 is 4.74 Å². The van der Waals surface area contributed by atoms with E-state index in [0.717, 1.165) is 30.8 Å². The molecule has 0 unspecified atom stereocenters. The summed E-state index contributed by atoms with van der Waals surface area (Å²) in [5.74, 6) is 0. The van der Waals surface area contributed by atoms with E-state index in [1.807, 2.05) is 17.5 Å². The zero-order valence-corrected chi connectivity index (χ0v) is 11.9. The summed E-state index contributed by atoms with van der Waals surface area (Å²) >= 11 is 1.81. The van der Waals surface area contributed by atoms with Crippen molar-refractivity contribution in [3.05, 3.63) is 11.1 Å². The predicted molar refractivity (Wildman–Crippen MR) is 74.2 cm³/mol. The minimum atomic E-state index is 0.297. The molecule has 4 nitrogen and oxygen atoms in total. The summed E-state index contributed by atoms with van der Waals surface area (Å²) in [5, 5.41) is 4.68. The van der Waals surface area contributed by atoms with Crippen LogP contribution >= 0.6 is 11.3 Å². The summed E-state index contributed by atoms with van der Waals surface area (Å²) in [7, 11) is 0. The Hall–Kier alpha value is -0.650. The first-order valence-electron chi connectivity index (χ1n) is 6.79. The second-order valence-corrected chi connectivity index (χ2v) is 6.52. The van der Waals surface area contributed by atoms with Gasteiger partial charge in [-0.15, -0.1) is 11.3 Å². The van der Waals surface area contributed by atoms with E-state index in [-0.39, 0.29) is 0 Å². The van der Waals surface area contributed by atoms with Gasteiger partial charge in [0, 0.05) is 36.8 Å². The average molecular weight is 267 g/mol. The number of rotatable bonds is 4. The molecule has 18 heavy (non-hydrogen) atoms. The molecule has 2 aliphatic rings. The molecule has 0 radical (unpaired) electrons. The molecule has 1 aromatic heterocycles. The number of hydrogen-bond donors (Lipinski definition) is 1. The topological polar surface area (TPSA) is 37.4 Å². The predicted octanol–water partition coefficient (Wildman–Crippen LogP) is 2.01. The normalized spacial score (nSPS) is 28.7. The number of nitrogens with zero attached hydrogens (tertiary/aromatic N) is 2. The van der Waals surface area contributed by atoms with Crippen LogP contribution in [-0.4, -0.2) is 36.3 Å². The van der Waals surface area contributed by atoms with Crippen LogP contribution in [0.4, 0.5) is 5.13 Å². The monoisotopic (exact) mass is 267 g/mol. The van der Waals surface area contributed by atoms with Crippen molar-refractivity contribution in [2.24, 2.45) is 0 Å². The molecule has 5 heteroatoms. The van der Waals surface area contributed by atoms with Gasteiger partial charge in [0.2, 0.25) is 0 Å². The smallest absolute Gasteiger partial charge is 0.185 e. The lowest BCUT2D eigenvalue weighted by Gasteiger charge is -2.35. The Kier molecular flexibility index (Phi) is 3.54. The lowest BCUT2D eigenvalue weighted by atomic mass is 10.2. The zero-order valence-electron chi connectivity index (χ0n) is 11.1. The third-order valence-electron chi connectivity index (χ3n) is 3.37. The highest BCUT2D eigenvalue weighted by Crippen LogP contribution is 2.26. The van der Waals surface area contributed by atoms with Gasteiger partial charge in [0.25, 0.3) is 0 Å². The standard InChI is InChI=1S/C13H21N3OS/c1-9-7-16(8-10(2)17-9)13-15-6-12(18-13)5-14-11-3-4-11/h6,9-11,14H,3-5,7-8H2,1-2H3/t9-,10+. The fraction of sp³-hybridized carbons (Fsp3) is 0.769. The van der Waals surface area contributed by atoms with Gasteiger partial charge in [0.1, 0.15) is 0 Å². The van der Waals surface area contributed by atoms with Gasteiger partial charge in [-0.1, -0.05) is 0 Å². The van der Waals surface area contributed by atoms with E-state index in [1.54, 1.807) is 0 Å². The van der Waals surface area contributed by atoms with Crippen molar-refractivity contribution in [3.63, 3.8) is 0 Å². The molecule has 1 saturated carbocycles. The van der Waals surface area contributed by atoms with Gasteiger partial charge in [-0.25, -0.2) is 4.98 Å². The van der Waals surface area contributed by atoms with Crippen molar-refractivity contribution in [1.29, 1.82) is 0 Å². The number of nitrogens with one attached hydrogen (secondary N) is 1. The Morgan fingerprint density at radius 3 is 2.78 bits per heavy atom. The van der Waals surface area contributed by atoms with Gasteiger partial charge in [-0.05, 0) is 26.7 Å². The summed E-state index contributed by atoms with van der Waals surface area (Å²) in [4.78, 5) is 8.24. The SMILES string of the molecule is C[C@@H]1CN(c2ncc(CNC3CC3)s2)C[C@H](C)O1. The minimum Gasteiger partial charge on any atom is -0.372 e. The van der Waals surface area contributed by atoms with Crippen LogP contribution < -0.4 is 10.2 Å². The van der Waals surface area contributed by atoms with Crippen LogP contribution in [0.3, 0.4) is 0 Å². The van der Waals surface area contributed by atoms with Crippen LogP contribution in [-0.2, 0) is 11.3 Å². The first-order valence-corrected chi connectivity index (χ1v) is 7.61. The van der Waals surface area contributed by atoms with Crippen molar-refractivity contribution in [2.45, 2.75) is 51.5 Å². The molecule has 3 rings (SSSR count). The number of morpholine rings is 1. The number of ether oxygens (including phenoxy) is 1. The van der Waals surface area contributed by atoms with Crippen LogP contribution in [0.5, 0.6) is 0 Å². The summed E-state index contributed by atoms with van der Waals surface area (Å²) in [6.07, 6.45) is 5.28. The van der Waals surface area contributed by atoms with E-state index < -0.39 is 0 Å². The lowest BCUT2D eigenvalue weighted by Crippen LogP contribution is -2.45. The number of anilines is 1. The molecular weight excluding hydrogens is 246 g/mol. The Bertz CT molecular complexity index is 395. The quantitative estimate of drug-likeness (QED) is 0.905. The van der Waals surface area contributed by atoms with Gasteiger partial charge in [0.05, 0.1) is 12.2 Å². The zero-order chi connectivity index (χ0) is 12.5. The molecule has 0 aromatic carbocycles. The Morgan fingerprint density at radius 1 is 1.39 bits per heavy atom. The number of thiazole rings is 1. The highest BCUT2D eigenvalue weighted by atomic mass is 32.1. The fourth-order valence-corrected chi connectivity index (χ4v) is 3.27. The Labute approximate surface area is 112 Å². The summed E-state index contributed by atoms with van der Waals surface area (Å²) in [5.41, 5.74) is 0. The third kappa shape index (κ3) is 3.02. The second kappa shape index (κ2) is 5.15. The fourth-order valence-electron chi connectivity index (χ4n) is 2.39. The van der Waals surface area contributed by atoms with E-state index in [2.05, 4.69) is 29.0 Å². The molecule has 2 heterocycles. The molecule has 2 atom stereocenters. The summed E-state index contributed by atoms with van der Waals surface area (Å²) < 4.78 is 5.75. The molecule has 1 aliphatic carbocycles. The van der Waals surface area contributed by atoms with Crippen LogP contribution in [0.25, 0.3) is 0 Å². The molecule has 2 fully saturated rings. The Balaban J connectivity index is 1.60. The van der Waals surface area contributed by atoms with Crippen molar-refractivity contribution in [1.82, 2.24) is 10.3 Å². The molecule has 1 N–H and O–H groups in total. The maximum absolute atomic E-state index is 5.75. The Morgan fingerprint density at radius 2 is 2.11 bits per heavy atom. The van der Waals surface area contributed by atoms with Crippen LogP contribution in [0.2, 0.25) is 0 Å². The summed E-state index contributed by atoms with van der Waals surface area (Å²) in [6, 6.07) is 0.763. The van der Waals surface area contributed by atoms with E-state index in [9.17, 15) is 0 Å². The van der Waals surface area contributed by atoms with E-state index >= 15 is 0 Å². The maximum atomic E-state index is 5.75. The van der Waals surface area contributed by atoms with Crippen molar-refractivity contribution in [3.8, 4) is 0 Å². The largest absolute Gasteiger partial charge is 0.372 e. The van der Waals surface area contributed by atoms with Crippen LogP contribution in [0.15, 0.2) is 6.20 Å². The highest BCUT2D eigenvalue weighted by molar-refractivity contribution is 7.15. The molecule has 0 amide bonds. The van der Waals surface area contributed by atoms with Crippen molar-refractivity contribution >= 4 is 16.5 Å². The third-order valence-corrected chi connectivity index (χ3v) is 4.43. The average Bonchev–Trinajstić information content (AvgIpc) is 3.02. The number of hydrogen-bond acceptors (Lipinski definition) is 5. The molecule has 0 spiro atoms. The molecule has 1 saturated heterocycles.